The van der Waals surface area contributed by atoms with Gasteiger partial charge in [0.1, 0.15) is 5.52 Å². The van der Waals surface area contributed by atoms with Crippen LogP contribution in [0.25, 0.3) is 33.3 Å². The predicted octanol–water partition coefficient (Wildman–Crippen LogP) is 6.75. The maximum atomic E-state index is 13.0. The summed E-state index contributed by atoms with van der Waals surface area (Å²) in [6.07, 6.45) is 0. The maximum absolute atomic E-state index is 13.0. The third-order valence-electron chi connectivity index (χ3n) is 5.92. The second-order valence-corrected chi connectivity index (χ2v) is 7.90. The quantitative estimate of drug-likeness (QED) is 0.321. The zero-order valence-corrected chi connectivity index (χ0v) is 18.7. The van der Waals surface area contributed by atoms with Crippen LogP contribution in [0.1, 0.15) is 24.2 Å². The van der Waals surface area contributed by atoms with Crippen molar-refractivity contribution in [2.24, 2.45) is 0 Å². The van der Waals surface area contributed by atoms with Gasteiger partial charge >= 0.3 is 0 Å². The van der Waals surface area contributed by atoms with E-state index in [9.17, 15) is 4.79 Å². The lowest BCUT2D eigenvalue weighted by Crippen LogP contribution is -2.21. The zero-order chi connectivity index (χ0) is 22.8. The Labute approximate surface area is 192 Å². The van der Waals surface area contributed by atoms with Crippen LogP contribution in [0.4, 0.5) is 11.4 Å². The molecule has 0 atom stereocenters. The molecule has 1 heterocycles. The van der Waals surface area contributed by atoms with Gasteiger partial charge in [0, 0.05) is 35.6 Å². The van der Waals surface area contributed by atoms with Crippen molar-refractivity contribution in [1.29, 1.82) is 0 Å². The van der Waals surface area contributed by atoms with Gasteiger partial charge in [-0.05, 0) is 73.2 Å². The number of aromatic nitrogens is 1. The fraction of sp³-hybridized carbons (Fsp3) is 0.143. The first kappa shape index (κ1) is 20.8. The number of fused-ring (bicyclic) bond motifs is 2. The number of hydrogen-bond acceptors (Lipinski definition) is 4. The van der Waals surface area contributed by atoms with Crippen LogP contribution >= 0.6 is 0 Å². The highest BCUT2D eigenvalue weighted by Crippen LogP contribution is 2.28. The summed E-state index contributed by atoms with van der Waals surface area (Å²) in [7, 11) is 0. The summed E-state index contributed by atoms with van der Waals surface area (Å²) in [6.45, 7) is 6.22. The summed E-state index contributed by atoms with van der Waals surface area (Å²) in [5.74, 6) is 0.412. The average Bonchev–Trinajstić information content (AvgIpc) is 3.28. The Morgan fingerprint density at radius 1 is 0.909 bits per heavy atom. The summed E-state index contributed by atoms with van der Waals surface area (Å²) in [6, 6.07) is 27.4. The monoisotopic (exact) mass is 435 g/mol. The highest BCUT2D eigenvalue weighted by Gasteiger charge is 2.13. The van der Waals surface area contributed by atoms with Gasteiger partial charge in [-0.3, -0.25) is 4.79 Å². The maximum Gasteiger partial charge on any atom is 0.256 e. The number of anilines is 2. The molecule has 1 N–H and O–H groups in total. The van der Waals surface area contributed by atoms with Crippen LogP contribution in [-0.4, -0.2) is 24.0 Å². The minimum atomic E-state index is -0.151. The largest absolute Gasteiger partial charge is 0.436 e. The molecular weight excluding hydrogens is 410 g/mol. The molecule has 164 valence electrons. The molecule has 0 bridgehead atoms. The van der Waals surface area contributed by atoms with Crippen LogP contribution in [-0.2, 0) is 0 Å². The van der Waals surface area contributed by atoms with Crippen molar-refractivity contribution in [3.8, 4) is 11.5 Å². The number of carbonyl (C=O) groups is 1. The van der Waals surface area contributed by atoms with Crippen LogP contribution in [0.5, 0.6) is 0 Å². The van der Waals surface area contributed by atoms with E-state index in [-0.39, 0.29) is 5.91 Å². The lowest BCUT2D eigenvalue weighted by molar-refractivity contribution is 0.102. The predicted molar refractivity (Wildman–Crippen MR) is 135 cm³/mol. The molecule has 33 heavy (non-hydrogen) atoms. The van der Waals surface area contributed by atoms with E-state index in [1.54, 1.807) is 0 Å². The molecule has 0 aliphatic heterocycles. The lowest BCUT2D eigenvalue weighted by atomic mass is 10.0. The molecule has 0 radical (unpaired) electrons. The van der Waals surface area contributed by atoms with Crippen molar-refractivity contribution in [3.63, 3.8) is 0 Å². The molecule has 5 nitrogen and oxygen atoms in total. The Hall–Kier alpha value is -4.12. The topological polar surface area (TPSA) is 58.4 Å². The Kier molecular flexibility index (Phi) is 5.53. The Morgan fingerprint density at radius 3 is 2.45 bits per heavy atom. The van der Waals surface area contributed by atoms with Gasteiger partial charge in [0.15, 0.2) is 5.58 Å². The molecule has 0 aliphatic rings. The second kappa shape index (κ2) is 8.79. The summed E-state index contributed by atoms with van der Waals surface area (Å²) in [5.41, 5.74) is 4.80. The minimum Gasteiger partial charge on any atom is -0.436 e. The molecule has 1 aromatic heterocycles. The van der Waals surface area contributed by atoms with Crippen molar-refractivity contribution in [3.05, 3.63) is 90.5 Å². The molecule has 4 aromatic carbocycles. The highest BCUT2D eigenvalue weighted by atomic mass is 16.3. The molecular formula is C28H25N3O2. The summed E-state index contributed by atoms with van der Waals surface area (Å²) >= 11 is 0. The van der Waals surface area contributed by atoms with Gasteiger partial charge in [-0.2, -0.15) is 0 Å². The van der Waals surface area contributed by atoms with E-state index in [1.807, 2.05) is 72.8 Å². The lowest BCUT2D eigenvalue weighted by Gasteiger charge is -2.20. The van der Waals surface area contributed by atoms with Crippen LogP contribution in [0, 0.1) is 0 Å². The van der Waals surface area contributed by atoms with Crippen LogP contribution in [0.15, 0.2) is 89.3 Å². The second-order valence-electron chi connectivity index (χ2n) is 7.90. The number of amides is 1. The van der Waals surface area contributed by atoms with Gasteiger partial charge in [0.05, 0.1) is 0 Å². The highest BCUT2D eigenvalue weighted by molar-refractivity contribution is 6.13. The number of oxazole rings is 1. The molecule has 0 spiro atoms. The Morgan fingerprint density at radius 2 is 1.67 bits per heavy atom. The van der Waals surface area contributed by atoms with Crippen molar-refractivity contribution in [2.75, 3.05) is 23.3 Å². The SMILES string of the molecule is CCN(CC)c1ccc(-c2nc3cc(NC(=O)c4cccc5ccccc45)ccc3o2)cc1. The van der Waals surface area contributed by atoms with E-state index in [0.29, 0.717) is 28.2 Å². The van der Waals surface area contributed by atoms with Crippen LogP contribution in [0.2, 0.25) is 0 Å². The molecule has 5 rings (SSSR count). The number of rotatable bonds is 6. The number of benzene rings is 4. The average molecular weight is 436 g/mol. The minimum absolute atomic E-state index is 0.151. The number of nitrogens with zero attached hydrogens (tertiary/aromatic N) is 2. The molecule has 5 heteroatoms. The molecule has 1 amide bonds. The van der Waals surface area contributed by atoms with E-state index < -0.39 is 0 Å². The smallest absolute Gasteiger partial charge is 0.256 e. The van der Waals surface area contributed by atoms with E-state index in [1.165, 1.54) is 5.69 Å². The van der Waals surface area contributed by atoms with Crippen molar-refractivity contribution >= 4 is 39.2 Å². The van der Waals surface area contributed by atoms with Crippen LogP contribution < -0.4 is 10.2 Å². The first-order chi connectivity index (χ1) is 16.2. The molecule has 0 unspecified atom stereocenters. The van der Waals surface area contributed by atoms with Crippen molar-refractivity contribution in [1.82, 2.24) is 4.98 Å². The Bertz CT molecular complexity index is 1430. The standard InChI is InChI=1S/C28H25N3O2/c1-3-31(4-2)22-15-12-20(13-16-22)28-30-25-18-21(14-17-26(25)33-28)29-27(32)24-11-7-9-19-8-5-6-10-23(19)24/h5-18H,3-4H2,1-2H3,(H,29,32). The molecule has 0 fully saturated rings. The van der Waals surface area contributed by atoms with Gasteiger partial charge in [-0.25, -0.2) is 4.98 Å². The summed E-state index contributed by atoms with van der Waals surface area (Å²) in [4.78, 5) is 19.9. The van der Waals surface area contributed by atoms with E-state index in [2.05, 4.69) is 41.2 Å². The van der Waals surface area contributed by atoms with Gasteiger partial charge in [0.2, 0.25) is 5.89 Å². The molecule has 0 saturated carbocycles. The summed E-state index contributed by atoms with van der Waals surface area (Å²) < 4.78 is 5.97. The number of hydrogen-bond donors (Lipinski definition) is 1. The summed E-state index contributed by atoms with van der Waals surface area (Å²) in [5, 5.41) is 4.96. The van der Waals surface area contributed by atoms with Gasteiger partial charge < -0.3 is 14.6 Å². The molecule has 0 saturated heterocycles. The first-order valence-electron chi connectivity index (χ1n) is 11.2. The Balaban J connectivity index is 1.40. The van der Waals surface area contributed by atoms with Gasteiger partial charge in [-0.15, -0.1) is 0 Å². The number of carbonyl (C=O) groups excluding carboxylic acids is 1. The van der Waals surface area contributed by atoms with Gasteiger partial charge in [0.25, 0.3) is 5.91 Å². The third-order valence-corrected chi connectivity index (χ3v) is 5.92. The van der Waals surface area contributed by atoms with Crippen molar-refractivity contribution < 1.29 is 9.21 Å². The molecule has 5 aromatic rings. The first-order valence-corrected chi connectivity index (χ1v) is 11.2. The van der Waals surface area contributed by atoms with E-state index in [0.717, 1.165) is 29.4 Å². The zero-order valence-electron chi connectivity index (χ0n) is 18.7. The molecule has 0 aliphatic carbocycles. The van der Waals surface area contributed by atoms with E-state index in [4.69, 9.17) is 4.42 Å². The normalized spacial score (nSPS) is 11.1. The fourth-order valence-corrected chi connectivity index (χ4v) is 4.15. The fourth-order valence-electron chi connectivity index (χ4n) is 4.15. The van der Waals surface area contributed by atoms with E-state index >= 15 is 0 Å². The van der Waals surface area contributed by atoms with Crippen LogP contribution in [0.3, 0.4) is 0 Å². The number of nitrogens with one attached hydrogen (secondary N) is 1. The third kappa shape index (κ3) is 4.05. The van der Waals surface area contributed by atoms with Gasteiger partial charge in [-0.1, -0.05) is 36.4 Å². The van der Waals surface area contributed by atoms with Crippen molar-refractivity contribution in [2.45, 2.75) is 13.8 Å².